The zero-order chi connectivity index (χ0) is 15.4. The minimum absolute atomic E-state index is 0.00674. The van der Waals surface area contributed by atoms with E-state index in [4.69, 9.17) is 4.74 Å². The average molecular weight is 327 g/mol. The molecule has 0 radical (unpaired) electrons. The summed E-state index contributed by atoms with van der Waals surface area (Å²) in [5.74, 6) is 2.23. The number of hydrogen-bond donors (Lipinski definition) is 1. The third-order valence-electron chi connectivity index (χ3n) is 4.59. The van der Waals surface area contributed by atoms with Gasteiger partial charge in [0.2, 0.25) is 11.8 Å². The monoisotopic (exact) mass is 327 g/mol. The standard InChI is InChI=1S/C15H25N3O3S/c19-14-3-2-13(16-14)15(20)18-4-1-9-22-11-12(18)10-17-5-7-21-8-6-17/h12-13H,1-11H2,(H,16,19). The Balaban J connectivity index is 1.64. The molecule has 3 fully saturated rings. The molecule has 0 aromatic heterocycles. The first-order chi connectivity index (χ1) is 10.7. The molecule has 2 amide bonds. The van der Waals surface area contributed by atoms with Crippen molar-refractivity contribution < 1.29 is 14.3 Å². The Morgan fingerprint density at radius 2 is 2.14 bits per heavy atom. The Bertz CT molecular complexity index is 415. The van der Waals surface area contributed by atoms with E-state index in [1.54, 1.807) is 0 Å². The van der Waals surface area contributed by atoms with Crippen LogP contribution in [0.25, 0.3) is 0 Å². The fourth-order valence-electron chi connectivity index (χ4n) is 3.35. The molecule has 2 unspecified atom stereocenters. The van der Waals surface area contributed by atoms with Crippen LogP contribution in [-0.2, 0) is 14.3 Å². The molecule has 6 nitrogen and oxygen atoms in total. The maximum absolute atomic E-state index is 12.8. The molecule has 0 aromatic carbocycles. The second-order valence-corrected chi connectivity index (χ2v) is 7.34. The fraction of sp³-hybridized carbons (Fsp3) is 0.867. The molecule has 0 spiro atoms. The summed E-state index contributed by atoms with van der Waals surface area (Å²) in [6.07, 6.45) is 2.16. The first-order valence-corrected chi connectivity index (χ1v) is 9.37. The van der Waals surface area contributed by atoms with E-state index in [1.165, 1.54) is 0 Å². The van der Waals surface area contributed by atoms with Gasteiger partial charge in [-0.25, -0.2) is 0 Å². The van der Waals surface area contributed by atoms with E-state index in [9.17, 15) is 9.59 Å². The molecule has 3 heterocycles. The molecular formula is C15H25N3O3S. The summed E-state index contributed by atoms with van der Waals surface area (Å²) in [5, 5.41) is 2.82. The molecule has 3 saturated heterocycles. The topological polar surface area (TPSA) is 61.9 Å². The highest BCUT2D eigenvalue weighted by atomic mass is 32.2. The third kappa shape index (κ3) is 3.94. The number of morpholine rings is 1. The molecule has 0 bridgehead atoms. The fourth-order valence-corrected chi connectivity index (χ4v) is 4.41. The van der Waals surface area contributed by atoms with E-state index in [0.29, 0.717) is 12.8 Å². The van der Waals surface area contributed by atoms with Crippen LogP contribution in [0.2, 0.25) is 0 Å². The minimum Gasteiger partial charge on any atom is -0.379 e. The number of hydrogen-bond acceptors (Lipinski definition) is 5. The number of nitrogens with one attached hydrogen (secondary N) is 1. The van der Waals surface area contributed by atoms with Gasteiger partial charge in [-0.3, -0.25) is 14.5 Å². The molecule has 22 heavy (non-hydrogen) atoms. The van der Waals surface area contributed by atoms with Gasteiger partial charge in [-0.1, -0.05) is 0 Å². The van der Waals surface area contributed by atoms with Crippen molar-refractivity contribution in [2.45, 2.75) is 31.3 Å². The summed E-state index contributed by atoms with van der Waals surface area (Å²) >= 11 is 1.94. The molecule has 2 atom stereocenters. The molecule has 124 valence electrons. The molecule has 0 aromatic rings. The Labute approximate surface area is 135 Å². The lowest BCUT2D eigenvalue weighted by atomic mass is 10.1. The second-order valence-electron chi connectivity index (χ2n) is 6.19. The lowest BCUT2D eigenvalue weighted by molar-refractivity contribution is -0.136. The Morgan fingerprint density at radius 1 is 1.32 bits per heavy atom. The number of amides is 2. The lowest BCUT2D eigenvalue weighted by Crippen LogP contribution is -2.54. The van der Waals surface area contributed by atoms with Gasteiger partial charge in [0.1, 0.15) is 6.04 Å². The highest BCUT2D eigenvalue weighted by Crippen LogP contribution is 2.20. The van der Waals surface area contributed by atoms with Crippen molar-refractivity contribution in [1.29, 1.82) is 0 Å². The van der Waals surface area contributed by atoms with Crippen LogP contribution in [0.15, 0.2) is 0 Å². The summed E-state index contributed by atoms with van der Waals surface area (Å²) < 4.78 is 5.41. The summed E-state index contributed by atoms with van der Waals surface area (Å²) in [6.45, 7) is 5.20. The Morgan fingerprint density at radius 3 is 2.86 bits per heavy atom. The predicted octanol–water partition coefficient (Wildman–Crippen LogP) is -0.0687. The third-order valence-corrected chi connectivity index (χ3v) is 5.79. The van der Waals surface area contributed by atoms with Gasteiger partial charge >= 0.3 is 0 Å². The van der Waals surface area contributed by atoms with Gasteiger partial charge < -0.3 is 15.0 Å². The van der Waals surface area contributed by atoms with Crippen molar-refractivity contribution in [3.8, 4) is 0 Å². The van der Waals surface area contributed by atoms with Crippen molar-refractivity contribution >= 4 is 23.6 Å². The number of ether oxygens (including phenoxy) is 1. The molecule has 0 saturated carbocycles. The number of rotatable bonds is 3. The highest BCUT2D eigenvalue weighted by molar-refractivity contribution is 7.99. The van der Waals surface area contributed by atoms with E-state index in [-0.39, 0.29) is 23.9 Å². The zero-order valence-corrected chi connectivity index (χ0v) is 13.8. The van der Waals surface area contributed by atoms with Crippen LogP contribution in [0.3, 0.4) is 0 Å². The van der Waals surface area contributed by atoms with Crippen molar-refractivity contribution in [2.24, 2.45) is 0 Å². The summed E-state index contributed by atoms with van der Waals surface area (Å²) in [4.78, 5) is 28.6. The Hall–Kier alpha value is -0.790. The van der Waals surface area contributed by atoms with Crippen LogP contribution in [0, 0.1) is 0 Å². The Kier molecular flexibility index (Phi) is 5.60. The quantitative estimate of drug-likeness (QED) is 0.786. The van der Waals surface area contributed by atoms with Crippen LogP contribution in [-0.4, -0.2) is 84.6 Å². The van der Waals surface area contributed by atoms with E-state index in [0.717, 1.165) is 57.3 Å². The first-order valence-electron chi connectivity index (χ1n) is 8.22. The SMILES string of the molecule is O=C1CCC(C(=O)N2CCCSCC2CN2CCOCC2)N1. The normalized spacial score (nSPS) is 30.9. The van der Waals surface area contributed by atoms with Gasteiger partial charge in [0.05, 0.1) is 19.3 Å². The van der Waals surface area contributed by atoms with Crippen molar-refractivity contribution in [3.63, 3.8) is 0 Å². The van der Waals surface area contributed by atoms with Crippen LogP contribution in [0.4, 0.5) is 0 Å². The summed E-state index contributed by atoms with van der Waals surface area (Å²) in [6, 6.07) is -0.0570. The van der Waals surface area contributed by atoms with Crippen molar-refractivity contribution in [3.05, 3.63) is 0 Å². The van der Waals surface area contributed by atoms with Gasteiger partial charge in [0.25, 0.3) is 0 Å². The molecular weight excluding hydrogens is 302 g/mol. The maximum Gasteiger partial charge on any atom is 0.245 e. The molecule has 3 aliphatic rings. The van der Waals surface area contributed by atoms with Crippen molar-refractivity contribution in [1.82, 2.24) is 15.1 Å². The molecule has 7 heteroatoms. The van der Waals surface area contributed by atoms with Gasteiger partial charge in [0.15, 0.2) is 0 Å². The number of thioether (sulfide) groups is 1. The largest absolute Gasteiger partial charge is 0.379 e. The molecule has 0 aliphatic carbocycles. The number of nitrogens with zero attached hydrogens (tertiary/aromatic N) is 2. The zero-order valence-electron chi connectivity index (χ0n) is 13.0. The van der Waals surface area contributed by atoms with E-state index >= 15 is 0 Å². The summed E-state index contributed by atoms with van der Waals surface area (Å²) in [5.41, 5.74) is 0. The van der Waals surface area contributed by atoms with E-state index in [1.807, 2.05) is 16.7 Å². The van der Waals surface area contributed by atoms with Crippen LogP contribution in [0.5, 0.6) is 0 Å². The molecule has 1 N–H and O–H groups in total. The van der Waals surface area contributed by atoms with Crippen molar-refractivity contribution in [2.75, 3.05) is 50.9 Å². The van der Waals surface area contributed by atoms with Gasteiger partial charge in [-0.2, -0.15) is 11.8 Å². The van der Waals surface area contributed by atoms with Crippen LogP contribution >= 0.6 is 11.8 Å². The van der Waals surface area contributed by atoms with Gasteiger partial charge in [0, 0.05) is 38.4 Å². The van der Waals surface area contributed by atoms with E-state index < -0.39 is 0 Å². The average Bonchev–Trinajstić information content (AvgIpc) is 2.84. The highest BCUT2D eigenvalue weighted by Gasteiger charge is 2.35. The first kappa shape index (κ1) is 16.1. The molecule has 3 aliphatic heterocycles. The van der Waals surface area contributed by atoms with Gasteiger partial charge in [-0.05, 0) is 18.6 Å². The van der Waals surface area contributed by atoms with Gasteiger partial charge in [-0.15, -0.1) is 0 Å². The summed E-state index contributed by atoms with van der Waals surface area (Å²) in [7, 11) is 0. The maximum atomic E-state index is 12.8. The lowest BCUT2D eigenvalue weighted by Gasteiger charge is -2.36. The second kappa shape index (κ2) is 7.66. The minimum atomic E-state index is -0.303. The van der Waals surface area contributed by atoms with E-state index in [2.05, 4.69) is 10.2 Å². The number of carbonyl (C=O) groups excluding carboxylic acids is 2. The predicted molar refractivity (Wildman–Crippen MR) is 85.9 cm³/mol. The smallest absolute Gasteiger partial charge is 0.245 e. The number of carbonyl (C=O) groups is 2. The van der Waals surface area contributed by atoms with Crippen LogP contribution in [0.1, 0.15) is 19.3 Å². The molecule has 3 rings (SSSR count). The van der Waals surface area contributed by atoms with Crippen LogP contribution < -0.4 is 5.32 Å².